The normalized spacial score (nSPS) is 10.4. The molecule has 0 amide bonds. The Labute approximate surface area is 181 Å². The summed E-state index contributed by atoms with van der Waals surface area (Å²) >= 11 is 0. The zero-order valence-electron chi connectivity index (χ0n) is 15.9. The van der Waals surface area contributed by atoms with E-state index in [4.69, 9.17) is 10.2 Å². The Kier molecular flexibility index (Phi) is 8.20. The van der Waals surface area contributed by atoms with Crippen LogP contribution in [0, 0.1) is 6.92 Å². The third-order valence-electron chi connectivity index (χ3n) is 4.20. The standard InChI is InChI=1S/C13H16N.C9H8O4.Sn.4H/c1-14(2,3)13-10-6-8-11-7-4-5-9-12(11)13;1-5-2-3-6(8(10)11)4-7(5)9(12)13;;;;;/h4-10H,1-3H3;2-4H,1H3,(H,10,11)(H,12,13);;;;;/q+1;;;;;;. The van der Waals surface area contributed by atoms with Crippen molar-refractivity contribution in [3.05, 3.63) is 77.4 Å². The number of nitrogens with zero attached hydrogens (tertiary/aromatic N) is 1. The number of aromatic carboxylic acids is 2. The molecule has 0 aliphatic carbocycles. The van der Waals surface area contributed by atoms with Crippen molar-refractivity contribution in [1.29, 1.82) is 0 Å². The van der Waals surface area contributed by atoms with Crippen LogP contribution in [0.2, 0.25) is 0 Å². The summed E-state index contributed by atoms with van der Waals surface area (Å²) in [5.41, 5.74) is 1.93. The van der Waals surface area contributed by atoms with E-state index in [2.05, 4.69) is 63.6 Å². The van der Waals surface area contributed by atoms with E-state index in [0.717, 1.165) is 10.5 Å². The Balaban J connectivity index is 0.000000271. The molecule has 3 aromatic carbocycles. The molecule has 6 heteroatoms. The first-order chi connectivity index (χ1) is 12.6. The number of carboxylic acid groups (broad SMARTS) is 2. The van der Waals surface area contributed by atoms with Crippen LogP contribution in [-0.4, -0.2) is 67.2 Å². The van der Waals surface area contributed by atoms with Gasteiger partial charge in [-0.1, -0.05) is 36.4 Å². The molecule has 0 radical (unpaired) electrons. The molecule has 2 N–H and O–H groups in total. The van der Waals surface area contributed by atoms with Gasteiger partial charge in [0, 0.05) is 5.39 Å². The molecule has 148 valence electrons. The van der Waals surface area contributed by atoms with Gasteiger partial charge >= 0.3 is 35.8 Å². The Morgan fingerprint density at radius 2 is 1.43 bits per heavy atom. The van der Waals surface area contributed by atoms with Gasteiger partial charge in [-0.3, -0.25) is 4.48 Å². The van der Waals surface area contributed by atoms with Crippen molar-refractivity contribution in [1.82, 2.24) is 4.48 Å². The van der Waals surface area contributed by atoms with E-state index in [1.807, 2.05) is 0 Å². The number of benzene rings is 3. The fraction of sp³-hybridized carbons (Fsp3) is 0.182. The summed E-state index contributed by atoms with van der Waals surface area (Å²) in [7, 11) is 6.59. The number of hydrogen-bond acceptors (Lipinski definition) is 2. The summed E-state index contributed by atoms with van der Waals surface area (Å²) in [4.78, 5) is 21.1. The molecule has 0 bridgehead atoms. The van der Waals surface area contributed by atoms with Gasteiger partial charge in [-0.15, -0.1) is 0 Å². The Hall–Kier alpha value is -2.38. The van der Waals surface area contributed by atoms with Crippen LogP contribution in [0.5, 0.6) is 0 Å². The van der Waals surface area contributed by atoms with Gasteiger partial charge in [-0.25, -0.2) is 9.59 Å². The molecule has 0 aliphatic rings. The van der Waals surface area contributed by atoms with Crippen LogP contribution >= 0.6 is 0 Å². The zero-order valence-corrected chi connectivity index (χ0v) is 15.9. The van der Waals surface area contributed by atoms with Crippen molar-refractivity contribution < 1.29 is 19.8 Å². The van der Waals surface area contributed by atoms with E-state index in [9.17, 15) is 9.59 Å². The molecule has 0 heterocycles. The maximum absolute atomic E-state index is 10.6. The molecule has 28 heavy (non-hydrogen) atoms. The SMILES string of the molecule is C[N+](C)(C)c1cccc2ccccc12.Cc1ccc(C(=O)O)cc1C(=O)O.[SnH4]. The van der Waals surface area contributed by atoms with Crippen LogP contribution < -0.4 is 4.48 Å². The van der Waals surface area contributed by atoms with Gasteiger partial charge in [0.1, 0.15) is 5.69 Å². The minimum absolute atomic E-state index is 0. The van der Waals surface area contributed by atoms with Crippen LogP contribution in [0.1, 0.15) is 26.3 Å². The van der Waals surface area contributed by atoms with Crippen LogP contribution in [0.25, 0.3) is 10.8 Å². The van der Waals surface area contributed by atoms with Crippen LogP contribution in [0.3, 0.4) is 0 Å². The van der Waals surface area contributed by atoms with Crippen molar-refractivity contribution >= 4 is 52.3 Å². The fourth-order valence-electron chi connectivity index (χ4n) is 2.78. The van der Waals surface area contributed by atoms with E-state index in [1.54, 1.807) is 6.92 Å². The summed E-state index contributed by atoms with van der Waals surface area (Å²) < 4.78 is 0.862. The first-order valence-corrected chi connectivity index (χ1v) is 8.48. The van der Waals surface area contributed by atoms with E-state index < -0.39 is 11.9 Å². The quantitative estimate of drug-likeness (QED) is 0.439. The van der Waals surface area contributed by atoms with Crippen molar-refractivity contribution in [3.8, 4) is 0 Å². The maximum atomic E-state index is 10.6. The predicted octanol–water partition coefficient (Wildman–Crippen LogP) is 2.98. The third kappa shape index (κ3) is 5.81. The number of carbonyl (C=O) groups is 2. The van der Waals surface area contributed by atoms with Gasteiger partial charge in [-0.2, -0.15) is 0 Å². The summed E-state index contributed by atoms with van der Waals surface area (Å²) in [6.45, 7) is 1.62. The summed E-state index contributed by atoms with van der Waals surface area (Å²) in [5, 5.41) is 19.9. The van der Waals surface area contributed by atoms with Crippen molar-refractivity contribution in [3.63, 3.8) is 0 Å². The van der Waals surface area contributed by atoms with Crippen molar-refractivity contribution in [2.75, 3.05) is 21.1 Å². The number of rotatable bonds is 3. The average molecular weight is 489 g/mol. The second-order valence-electron chi connectivity index (χ2n) is 7.15. The van der Waals surface area contributed by atoms with E-state index in [-0.39, 0.29) is 35.0 Å². The van der Waals surface area contributed by atoms with Crippen LogP contribution in [-0.2, 0) is 0 Å². The zero-order chi connectivity index (χ0) is 20.2. The molecule has 0 unspecified atom stereocenters. The summed E-state index contributed by atoms with van der Waals surface area (Å²) in [6, 6.07) is 19.0. The number of fused-ring (bicyclic) bond motifs is 1. The topological polar surface area (TPSA) is 74.6 Å². The Morgan fingerprint density at radius 1 is 0.821 bits per heavy atom. The summed E-state index contributed by atoms with van der Waals surface area (Å²) in [5.74, 6) is -2.23. The monoisotopic (exact) mass is 490 g/mol. The minimum atomic E-state index is -1.12. The van der Waals surface area contributed by atoms with E-state index >= 15 is 0 Å². The van der Waals surface area contributed by atoms with E-state index in [0.29, 0.717) is 5.56 Å². The van der Waals surface area contributed by atoms with Crippen LogP contribution in [0.4, 0.5) is 5.69 Å². The molecule has 0 fully saturated rings. The molecule has 0 saturated carbocycles. The van der Waals surface area contributed by atoms with Gasteiger partial charge in [0.25, 0.3) is 0 Å². The first-order valence-electron chi connectivity index (χ1n) is 8.48. The second kappa shape index (κ2) is 9.70. The number of aryl methyl sites for hydroxylation is 1. The molecule has 0 aromatic heterocycles. The molecule has 3 aromatic rings. The molecule has 5 nitrogen and oxygen atoms in total. The average Bonchev–Trinajstić information content (AvgIpc) is 2.61. The van der Waals surface area contributed by atoms with Gasteiger partial charge in [-0.05, 0) is 42.1 Å². The number of quaternary nitrogens is 1. The van der Waals surface area contributed by atoms with Crippen LogP contribution in [0.15, 0.2) is 60.7 Å². The van der Waals surface area contributed by atoms with Crippen molar-refractivity contribution in [2.45, 2.75) is 6.92 Å². The Morgan fingerprint density at radius 3 is 2.00 bits per heavy atom. The summed E-state index contributed by atoms with van der Waals surface area (Å²) in [6.07, 6.45) is 0. The van der Waals surface area contributed by atoms with Gasteiger partial charge < -0.3 is 10.2 Å². The Bertz CT molecular complexity index is 988. The molecule has 0 atom stereocenters. The molecule has 0 spiro atoms. The van der Waals surface area contributed by atoms with Crippen molar-refractivity contribution in [2.24, 2.45) is 0 Å². The van der Waals surface area contributed by atoms with Gasteiger partial charge in [0.05, 0.1) is 32.3 Å². The molecule has 0 aliphatic heterocycles. The fourth-order valence-corrected chi connectivity index (χ4v) is 2.78. The first kappa shape index (κ1) is 23.7. The molecule has 0 saturated heterocycles. The number of carboxylic acids is 2. The molecular formula is C22H28NO4Sn+. The second-order valence-corrected chi connectivity index (χ2v) is 7.15. The van der Waals surface area contributed by atoms with E-state index in [1.165, 1.54) is 28.6 Å². The van der Waals surface area contributed by atoms with Gasteiger partial charge in [0.15, 0.2) is 0 Å². The third-order valence-corrected chi connectivity index (χ3v) is 4.20. The molecular weight excluding hydrogens is 461 g/mol. The molecule has 3 rings (SSSR count). The number of hydrogen-bond donors (Lipinski definition) is 2. The van der Waals surface area contributed by atoms with Gasteiger partial charge in [0.2, 0.25) is 0 Å². The predicted molar refractivity (Wildman–Crippen MR) is 120 cm³/mol.